The van der Waals surface area contributed by atoms with Gasteiger partial charge in [-0.3, -0.25) is 19.3 Å². The predicted octanol–water partition coefficient (Wildman–Crippen LogP) is 2.25. The van der Waals surface area contributed by atoms with E-state index in [4.69, 9.17) is 0 Å². The Morgan fingerprint density at radius 1 is 1.17 bits per heavy atom. The van der Waals surface area contributed by atoms with Gasteiger partial charge in [0.2, 0.25) is 17.7 Å². The fourth-order valence-corrected chi connectivity index (χ4v) is 4.70. The molecule has 0 radical (unpaired) electrons. The lowest BCUT2D eigenvalue weighted by molar-refractivity contribution is -0.167. The Labute approximate surface area is 138 Å². The molecule has 0 aromatic rings. The van der Waals surface area contributed by atoms with Crippen LogP contribution in [0.15, 0.2) is 0 Å². The monoisotopic (exact) mass is 320 g/mol. The van der Waals surface area contributed by atoms with E-state index in [0.29, 0.717) is 0 Å². The number of piperidine rings is 1. The molecular formula is C18H28N2O3. The number of nitrogens with zero attached hydrogens (tertiary/aromatic N) is 1. The van der Waals surface area contributed by atoms with Gasteiger partial charge in [-0.25, -0.2) is 0 Å². The number of rotatable bonds is 4. The molecule has 3 rings (SSSR count). The largest absolute Gasteiger partial charge is 0.353 e. The molecule has 5 heteroatoms. The van der Waals surface area contributed by atoms with Crippen molar-refractivity contribution in [3.63, 3.8) is 0 Å². The number of fused-ring (bicyclic) bond motifs is 2. The minimum absolute atomic E-state index is 0.0418. The summed E-state index contributed by atoms with van der Waals surface area (Å²) in [5, 5.41) is 3.02. The maximum Gasteiger partial charge on any atom is 0.235 e. The van der Waals surface area contributed by atoms with Crippen molar-refractivity contribution in [1.29, 1.82) is 0 Å². The Morgan fingerprint density at radius 3 is 2.48 bits per heavy atom. The van der Waals surface area contributed by atoms with Crippen molar-refractivity contribution in [1.82, 2.24) is 10.2 Å². The van der Waals surface area contributed by atoms with Gasteiger partial charge in [0.05, 0.1) is 5.41 Å². The third-order valence-corrected chi connectivity index (χ3v) is 6.79. The standard InChI is InChI=1S/C18H28N2O3/c1-17(2)13-8-10-18(17,3)16(23)20(15(13)22)11-9-14(21)19-12-6-4-5-7-12/h12-13H,4-11H2,1-3H3,(H,19,21). The molecule has 2 aliphatic carbocycles. The Bertz CT molecular complexity index is 536. The van der Waals surface area contributed by atoms with Crippen molar-refractivity contribution in [2.75, 3.05) is 6.54 Å². The molecule has 1 N–H and O–H groups in total. The summed E-state index contributed by atoms with van der Waals surface area (Å²) in [6.45, 7) is 6.26. The normalized spacial score (nSPS) is 33.3. The van der Waals surface area contributed by atoms with Gasteiger partial charge in [-0.2, -0.15) is 0 Å². The second-order valence-electron chi connectivity index (χ2n) is 8.24. The first-order valence-corrected chi connectivity index (χ1v) is 8.92. The van der Waals surface area contributed by atoms with Crippen LogP contribution in [0.2, 0.25) is 0 Å². The molecule has 2 atom stereocenters. The number of imide groups is 1. The minimum Gasteiger partial charge on any atom is -0.353 e. The van der Waals surface area contributed by atoms with Crippen molar-refractivity contribution in [3.8, 4) is 0 Å². The summed E-state index contributed by atoms with van der Waals surface area (Å²) in [7, 11) is 0. The Kier molecular flexibility index (Phi) is 4.01. The van der Waals surface area contributed by atoms with Crippen molar-refractivity contribution >= 4 is 17.7 Å². The summed E-state index contributed by atoms with van der Waals surface area (Å²) in [5.74, 6) is -0.304. The lowest BCUT2D eigenvalue weighted by Gasteiger charge is -2.47. The Morgan fingerprint density at radius 2 is 1.83 bits per heavy atom. The molecule has 3 aliphatic rings. The molecule has 1 heterocycles. The molecule has 23 heavy (non-hydrogen) atoms. The first-order chi connectivity index (χ1) is 10.8. The molecule has 3 fully saturated rings. The summed E-state index contributed by atoms with van der Waals surface area (Å²) >= 11 is 0. The van der Waals surface area contributed by atoms with E-state index < -0.39 is 5.41 Å². The summed E-state index contributed by atoms with van der Waals surface area (Å²) < 4.78 is 0. The molecule has 1 saturated heterocycles. The van der Waals surface area contributed by atoms with E-state index in [-0.39, 0.29) is 48.1 Å². The maximum atomic E-state index is 12.9. The molecule has 3 amide bonds. The van der Waals surface area contributed by atoms with Crippen LogP contribution in [0.4, 0.5) is 0 Å². The summed E-state index contributed by atoms with van der Waals surface area (Å²) in [5.41, 5.74) is -0.767. The van der Waals surface area contributed by atoms with E-state index in [0.717, 1.165) is 25.7 Å². The molecule has 128 valence electrons. The molecule has 5 nitrogen and oxygen atoms in total. The first-order valence-electron chi connectivity index (χ1n) is 8.92. The van der Waals surface area contributed by atoms with Gasteiger partial charge in [-0.1, -0.05) is 33.6 Å². The van der Waals surface area contributed by atoms with E-state index >= 15 is 0 Å². The molecule has 2 bridgehead atoms. The van der Waals surface area contributed by atoms with Crippen molar-refractivity contribution < 1.29 is 14.4 Å². The number of carbonyl (C=O) groups excluding carboxylic acids is 3. The van der Waals surface area contributed by atoms with Crippen LogP contribution in [0.5, 0.6) is 0 Å². The van der Waals surface area contributed by atoms with Crippen LogP contribution in [0.3, 0.4) is 0 Å². The van der Waals surface area contributed by atoms with Gasteiger partial charge in [-0.15, -0.1) is 0 Å². The molecule has 0 aromatic heterocycles. The van der Waals surface area contributed by atoms with Crippen LogP contribution in [-0.4, -0.2) is 35.2 Å². The quantitative estimate of drug-likeness (QED) is 0.808. The van der Waals surface area contributed by atoms with E-state index in [1.165, 1.54) is 17.7 Å². The van der Waals surface area contributed by atoms with Crippen LogP contribution in [0.25, 0.3) is 0 Å². The Hall–Kier alpha value is -1.39. The zero-order valence-corrected chi connectivity index (χ0v) is 14.5. The van der Waals surface area contributed by atoms with Gasteiger partial charge in [0.15, 0.2) is 0 Å². The third-order valence-electron chi connectivity index (χ3n) is 6.79. The minimum atomic E-state index is -0.479. The molecule has 2 saturated carbocycles. The van der Waals surface area contributed by atoms with Crippen LogP contribution in [0, 0.1) is 16.7 Å². The van der Waals surface area contributed by atoms with Gasteiger partial charge >= 0.3 is 0 Å². The fourth-order valence-electron chi connectivity index (χ4n) is 4.70. The highest BCUT2D eigenvalue weighted by molar-refractivity contribution is 6.04. The van der Waals surface area contributed by atoms with Crippen LogP contribution >= 0.6 is 0 Å². The molecular weight excluding hydrogens is 292 g/mol. The van der Waals surface area contributed by atoms with Crippen LogP contribution in [-0.2, 0) is 14.4 Å². The Balaban J connectivity index is 1.63. The molecule has 2 unspecified atom stereocenters. The van der Waals surface area contributed by atoms with E-state index in [2.05, 4.69) is 5.32 Å². The average Bonchev–Trinajstić information content (AvgIpc) is 3.03. The molecule has 0 aromatic carbocycles. The van der Waals surface area contributed by atoms with Gasteiger partial charge in [0.25, 0.3) is 0 Å². The summed E-state index contributed by atoms with van der Waals surface area (Å²) in [6, 6.07) is 0.280. The van der Waals surface area contributed by atoms with Crippen LogP contribution in [0.1, 0.15) is 65.7 Å². The smallest absolute Gasteiger partial charge is 0.235 e. The van der Waals surface area contributed by atoms with Crippen LogP contribution < -0.4 is 5.32 Å². The number of nitrogens with one attached hydrogen (secondary N) is 1. The van der Waals surface area contributed by atoms with E-state index in [1.807, 2.05) is 20.8 Å². The average molecular weight is 320 g/mol. The first kappa shape index (κ1) is 16.5. The number of carbonyl (C=O) groups is 3. The van der Waals surface area contributed by atoms with Crippen molar-refractivity contribution in [2.24, 2.45) is 16.7 Å². The number of hydrogen-bond acceptors (Lipinski definition) is 3. The van der Waals surface area contributed by atoms with Gasteiger partial charge in [-0.05, 0) is 31.1 Å². The lowest BCUT2D eigenvalue weighted by Crippen LogP contribution is -2.59. The summed E-state index contributed by atoms with van der Waals surface area (Å²) in [6.07, 6.45) is 6.19. The highest BCUT2D eigenvalue weighted by atomic mass is 16.2. The SMILES string of the molecule is CC12CCC(C(=O)N(CCC(=O)NC3CCCC3)C1=O)C2(C)C. The van der Waals surface area contributed by atoms with Crippen molar-refractivity contribution in [2.45, 2.75) is 71.8 Å². The van der Waals surface area contributed by atoms with Gasteiger partial charge in [0, 0.05) is 24.9 Å². The third kappa shape index (κ3) is 2.48. The van der Waals surface area contributed by atoms with Gasteiger partial charge < -0.3 is 5.32 Å². The molecule has 0 spiro atoms. The van der Waals surface area contributed by atoms with E-state index in [1.54, 1.807) is 0 Å². The zero-order chi connectivity index (χ0) is 16.8. The summed E-state index contributed by atoms with van der Waals surface area (Å²) in [4.78, 5) is 39.0. The van der Waals surface area contributed by atoms with E-state index in [9.17, 15) is 14.4 Å². The predicted molar refractivity (Wildman–Crippen MR) is 86.3 cm³/mol. The zero-order valence-electron chi connectivity index (χ0n) is 14.5. The number of hydrogen-bond donors (Lipinski definition) is 1. The number of likely N-dealkylation sites (tertiary alicyclic amines) is 1. The molecule has 1 aliphatic heterocycles. The highest BCUT2D eigenvalue weighted by Gasteiger charge is 2.64. The maximum absolute atomic E-state index is 12.9. The fraction of sp³-hybridized carbons (Fsp3) is 0.833. The lowest BCUT2D eigenvalue weighted by atomic mass is 9.62. The second-order valence-corrected chi connectivity index (χ2v) is 8.24. The van der Waals surface area contributed by atoms with Crippen molar-refractivity contribution in [3.05, 3.63) is 0 Å². The highest BCUT2D eigenvalue weighted by Crippen LogP contribution is 2.59. The van der Waals surface area contributed by atoms with Gasteiger partial charge in [0.1, 0.15) is 0 Å². The second kappa shape index (κ2) is 5.60. The topological polar surface area (TPSA) is 66.5 Å². The number of amides is 3.